The average molecular weight is 364 g/mol. The molecular weight excluding hydrogens is 345 g/mol. The van der Waals surface area contributed by atoms with Crippen LogP contribution in [0.1, 0.15) is 32.6 Å². The number of hydrogen-bond acceptors (Lipinski definition) is 2. The minimum Gasteiger partial charge on any atom is -0.207 e. The van der Waals surface area contributed by atoms with Crippen molar-refractivity contribution >= 4 is 26.0 Å². The van der Waals surface area contributed by atoms with E-state index >= 15 is 0 Å². The lowest BCUT2D eigenvalue weighted by atomic mass is 9.94. The molecule has 0 saturated carbocycles. The number of sulfonamides is 1. The first-order chi connectivity index (χ1) is 9.45. The highest BCUT2D eigenvalue weighted by Gasteiger charge is 2.30. The smallest absolute Gasteiger partial charge is 0.207 e. The van der Waals surface area contributed by atoms with Gasteiger partial charge in [-0.1, -0.05) is 19.8 Å². The third-order valence-electron chi connectivity index (χ3n) is 3.78. The van der Waals surface area contributed by atoms with Crippen molar-refractivity contribution in [2.75, 3.05) is 13.1 Å². The van der Waals surface area contributed by atoms with E-state index in [1.54, 1.807) is 0 Å². The molecule has 3 nitrogen and oxygen atoms in total. The molecule has 0 aliphatic carbocycles. The van der Waals surface area contributed by atoms with Crippen LogP contribution >= 0.6 is 15.9 Å². The largest absolute Gasteiger partial charge is 0.244 e. The Hall–Kier alpha value is -0.460. The summed E-state index contributed by atoms with van der Waals surface area (Å²) in [5, 5.41) is 0. The Kier molecular flexibility index (Phi) is 5.20. The van der Waals surface area contributed by atoms with Gasteiger partial charge in [0.05, 0.1) is 4.90 Å². The minimum atomic E-state index is -3.53. The van der Waals surface area contributed by atoms with E-state index in [1.807, 2.05) is 0 Å². The molecule has 1 aromatic rings. The van der Waals surface area contributed by atoms with Crippen LogP contribution in [0.15, 0.2) is 27.6 Å². The van der Waals surface area contributed by atoms with Gasteiger partial charge in [0.15, 0.2) is 0 Å². The van der Waals surface area contributed by atoms with Crippen LogP contribution in [0.5, 0.6) is 0 Å². The van der Waals surface area contributed by atoms with E-state index in [-0.39, 0.29) is 9.37 Å². The Balaban J connectivity index is 2.15. The van der Waals surface area contributed by atoms with E-state index in [2.05, 4.69) is 22.9 Å². The Morgan fingerprint density at radius 2 is 2.00 bits per heavy atom. The van der Waals surface area contributed by atoms with E-state index in [0.29, 0.717) is 19.0 Å². The molecular formula is C14H19BrFNO2S. The van der Waals surface area contributed by atoms with Gasteiger partial charge in [-0.25, -0.2) is 12.8 Å². The van der Waals surface area contributed by atoms with Gasteiger partial charge < -0.3 is 0 Å². The topological polar surface area (TPSA) is 37.4 Å². The molecule has 20 heavy (non-hydrogen) atoms. The molecule has 0 bridgehead atoms. The zero-order chi connectivity index (χ0) is 14.8. The zero-order valence-electron chi connectivity index (χ0n) is 11.5. The minimum absolute atomic E-state index is 0.146. The zero-order valence-corrected chi connectivity index (χ0v) is 13.9. The summed E-state index contributed by atoms with van der Waals surface area (Å²) in [6, 6.07) is 3.70. The fourth-order valence-electron chi connectivity index (χ4n) is 2.67. The van der Waals surface area contributed by atoms with Crippen molar-refractivity contribution in [3.63, 3.8) is 0 Å². The summed E-state index contributed by atoms with van der Waals surface area (Å²) in [6.07, 6.45) is 4.12. The molecule has 2 rings (SSSR count). The molecule has 1 aliphatic rings. The lowest BCUT2D eigenvalue weighted by Crippen LogP contribution is -2.38. The first kappa shape index (κ1) is 15.9. The highest BCUT2D eigenvalue weighted by Crippen LogP contribution is 2.30. The molecule has 112 valence electrons. The second-order valence-corrected chi connectivity index (χ2v) is 7.97. The second kappa shape index (κ2) is 6.54. The van der Waals surface area contributed by atoms with Crippen molar-refractivity contribution in [1.82, 2.24) is 4.31 Å². The predicted octanol–water partition coefficient (Wildman–Crippen LogP) is 3.79. The quantitative estimate of drug-likeness (QED) is 0.815. The van der Waals surface area contributed by atoms with Gasteiger partial charge in [-0.15, -0.1) is 0 Å². The normalized spacial score (nSPS) is 18.4. The molecule has 1 saturated heterocycles. The second-order valence-electron chi connectivity index (χ2n) is 5.21. The Bertz CT molecular complexity index is 569. The van der Waals surface area contributed by atoms with Crippen molar-refractivity contribution < 1.29 is 12.8 Å². The molecule has 0 aromatic heterocycles. The van der Waals surface area contributed by atoms with Crippen molar-refractivity contribution in [3.8, 4) is 0 Å². The molecule has 1 aliphatic heterocycles. The highest BCUT2D eigenvalue weighted by atomic mass is 79.9. The van der Waals surface area contributed by atoms with E-state index in [0.717, 1.165) is 25.7 Å². The summed E-state index contributed by atoms with van der Waals surface area (Å²) in [5.41, 5.74) is 0. The maximum atomic E-state index is 13.1. The molecule has 0 N–H and O–H groups in total. The Labute approximate surface area is 128 Å². The lowest BCUT2D eigenvalue weighted by Gasteiger charge is -2.31. The summed E-state index contributed by atoms with van der Waals surface area (Å²) in [6.45, 7) is 3.26. The van der Waals surface area contributed by atoms with Gasteiger partial charge in [0, 0.05) is 17.6 Å². The van der Waals surface area contributed by atoms with Crippen molar-refractivity contribution in [3.05, 3.63) is 28.5 Å². The van der Waals surface area contributed by atoms with Crippen molar-refractivity contribution in [1.29, 1.82) is 0 Å². The maximum Gasteiger partial charge on any atom is 0.244 e. The number of benzene rings is 1. The fraction of sp³-hybridized carbons (Fsp3) is 0.571. The molecule has 0 atom stereocenters. The summed E-state index contributed by atoms with van der Waals surface area (Å²) < 4.78 is 40.0. The lowest BCUT2D eigenvalue weighted by molar-refractivity contribution is 0.262. The third kappa shape index (κ3) is 3.40. The van der Waals surface area contributed by atoms with E-state index in [9.17, 15) is 12.8 Å². The molecule has 0 unspecified atom stereocenters. The molecule has 0 radical (unpaired) electrons. The fourth-order valence-corrected chi connectivity index (χ4v) is 5.15. The number of halogens is 2. The van der Waals surface area contributed by atoms with Gasteiger partial charge in [-0.3, -0.25) is 0 Å². The van der Waals surface area contributed by atoms with E-state index < -0.39 is 15.8 Å². The number of rotatable bonds is 4. The molecule has 1 fully saturated rings. The predicted molar refractivity (Wildman–Crippen MR) is 80.5 cm³/mol. The van der Waals surface area contributed by atoms with Crippen molar-refractivity contribution in [2.24, 2.45) is 5.92 Å². The molecule has 0 amide bonds. The van der Waals surface area contributed by atoms with Crippen LogP contribution in [0.3, 0.4) is 0 Å². The Morgan fingerprint density at radius 3 is 2.55 bits per heavy atom. The summed E-state index contributed by atoms with van der Waals surface area (Å²) >= 11 is 3.14. The standard InChI is InChI=1S/C14H19BrFNO2S/c1-2-3-11-6-8-17(9-7-11)20(18,19)14-5-4-12(16)10-13(14)15/h4-5,10-11H,2-3,6-9H2,1H3. The highest BCUT2D eigenvalue weighted by molar-refractivity contribution is 9.10. The van der Waals surface area contributed by atoms with Gasteiger partial charge in [-0.2, -0.15) is 4.31 Å². The van der Waals surface area contributed by atoms with Crippen LogP contribution < -0.4 is 0 Å². The van der Waals surface area contributed by atoms with Crippen LogP contribution in [0.4, 0.5) is 4.39 Å². The van der Waals surface area contributed by atoms with Crippen LogP contribution in [-0.2, 0) is 10.0 Å². The van der Waals surface area contributed by atoms with E-state index in [1.165, 1.54) is 22.5 Å². The van der Waals surface area contributed by atoms with Gasteiger partial charge >= 0.3 is 0 Å². The summed E-state index contributed by atoms with van der Waals surface area (Å²) in [4.78, 5) is 0.146. The van der Waals surface area contributed by atoms with Gasteiger partial charge in [0.2, 0.25) is 10.0 Å². The average Bonchev–Trinajstić information content (AvgIpc) is 2.39. The summed E-state index contributed by atoms with van der Waals surface area (Å²) in [7, 11) is -3.53. The molecule has 1 heterocycles. The number of nitrogens with zero attached hydrogens (tertiary/aromatic N) is 1. The first-order valence-corrected chi connectivity index (χ1v) is 9.13. The van der Waals surface area contributed by atoms with Crippen LogP contribution in [0.2, 0.25) is 0 Å². The number of hydrogen-bond donors (Lipinski definition) is 0. The Morgan fingerprint density at radius 1 is 1.35 bits per heavy atom. The van der Waals surface area contributed by atoms with Gasteiger partial charge in [0.25, 0.3) is 0 Å². The number of piperidine rings is 1. The summed E-state index contributed by atoms with van der Waals surface area (Å²) in [5.74, 6) is 0.181. The van der Waals surface area contributed by atoms with Crippen molar-refractivity contribution in [2.45, 2.75) is 37.5 Å². The maximum absolute atomic E-state index is 13.1. The molecule has 1 aromatic carbocycles. The van der Waals surface area contributed by atoms with Crippen LogP contribution in [-0.4, -0.2) is 25.8 Å². The van der Waals surface area contributed by atoms with Gasteiger partial charge in [0.1, 0.15) is 5.82 Å². The molecule has 6 heteroatoms. The SMILES string of the molecule is CCCC1CCN(S(=O)(=O)c2ccc(F)cc2Br)CC1. The van der Waals surface area contributed by atoms with Gasteiger partial charge in [-0.05, 0) is 52.9 Å². The van der Waals surface area contributed by atoms with E-state index in [4.69, 9.17) is 0 Å². The first-order valence-electron chi connectivity index (χ1n) is 6.90. The van der Waals surface area contributed by atoms with Crippen LogP contribution in [0.25, 0.3) is 0 Å². The third-order valence-corrected chi connectivity index (χ3v) is 6.66. The van der Waals surface area contributed by atoms with Crippen LogP contribution in [0, 0.1) is 11.7 Å². The molecule has 0 spiro atoms. The monoisotopic (exact) mass is 363 g/mol.